The van der Waals surface area contributed by atoms with Crippen molar-refractivity contribution in [2.75, 3.05) is 11.9 Å². The number of nitrogens with one attached hydrogen (secondary N) is 1. The number of rotatable bonds is 3. The van der Waals surface area contributed by atoms with E-state index in [-0.39, 0.29) is 17.4 Å². The summed E-state index contributed by atoms with van der Waals surface area (Å²) in [7, 11) is 0. The highest BCUT2D eigenvalue weighted by Gasteiger charge is 2.35. The summed E-state index contributed by atoms with van der Waals surface area (Å²) in [4.78, 5) is 27.3. The lowest BCUT2D eigenvalue weighted by molar-refractivity contribution is 0.0390. The van der Waals surface area contributed by atoms with E-state index in [0.29, 0.717) is 23.2 Å². The third kappa shape index (κ3) is 3.93. The number of nitrogens with zero attached hydrogens (tertiary/aromatic N) is 1. The minimum Gasteiger partial charge on any atom is -0.335 e. The Morgan fingerprint density at radius 2 is 1.68 bits per heavy atom. The Morgan fingerprint density at radius 3 is 2.46 bits per heavy atom. The van der Waals surface area contributed by atoms with Crippen LogP contribution in [0.2, 0.25) is 0 Å². The Balaban J connectivity index is 1.44. The second-order valence-electron chi connectivity index (χ2n) is 7.79. The highest BCUT2D eigenvalue weighted by molar-refractivity contribution is 6.04. The van der Waals surface area contributed by atoms with Gasteiger partial charge in [0.25, 0.3) is 11.8 Å². The first-order chi connectivity index (χ1) is 13.6. The zero-order valence-electron chi connectivity index (χ0n) is 15.9. The van der Waals surface area contributed by atoms with Gasteiger partial charge in [0.2, 0.25) is 0 Å². The van der Waals surface area contributed by atoms with E-state index in [9.17, 15) is 14.0 Å². The zero-order valence-corrected chi connectivity index (χ0v) is 15.9. The number of halogens is 1. The maximum Gasteiger partial charge on any atom is 0.255 e. The van der Waals surface area contributed by atoms with E-state index in [1.54, 1.807) is 30.3 Å². The molecular weight excluding hydrogens is 355 g/mol. The van der Waals surface area contributed by atoms with Crippen LogP contribution in [0.5, 0.6) is 0 Å². The molecule has 2 amide bonds. The molecule has 0 unspecified atom stereocenters. The highest BCUT2D eigenvalue weighted by Crippen LogP contribution is 2.36. The molecule has 1 aliphatic carbocycles. The van der Waals surface area contributed by atoms with Gasteiger partial charge in [-0.3, -0.25) is 9.59 Å². The van der Waals surface area contributed by atoms with Crippen LogP contribution in [0.15, 0.2) is 48.5 Å². The number of anilines is 1. The fraction of sp³-hybridized carbons (Fsp3) is 0.391. The van der Waals surface area contributed by atoms with Gasteiger partial charge in [-0.1, -0.05) is 18.9 Å². The van der Waals surface area contributed by atoms with Gasteiger partial charge in [-0.25, -0.2) is 4.39 Å². The Hall–Kier alpha value is -2.69. The molecule has 2 atom stereocenters. The van der Waals surface area contributed by atoms with E-state index in [1.165, 1.54) is 43.9 Å². The maximum absolute atomic E-state index is 13.3. The Kier molecular flexibility index (Phi) is 5.42. The molecule has 1 heterocycles. The topological polar surface area (TPSA) is 49.4 Å². The minimum atomic E-state index is -0.448. The fourth-order valence-corrected chi connectivity index (χ4v) is 4.57. The van der Waals surface area contributed by atoms with Crippen molar-refractivity contribution in [1.82, 2.24) is 4.90 Å². The second-order valence-corrected chi connectivity index (χ2v) is 7.79. The average Bonchev–Trinajstić information content (AvgIpc) is 2.73. The van der Waals surface area contributed by atoms with Crippen molar-refractivity contribution in [3.8, 4) is 0 Å². The predicted molar refractivity (Wildman–Crippen MR) is 107 cm³/mol. The maximum atomic E-state index is 13.3. The number of hydrogen-bond acceptors (Lipinski definition) is 2. The van der Waals surface area contributed by atoms with Gasteiger partial charge in [-0.15, -0.1) is 0 Å². The number of carbonyl (C=O) groups is 2. The quantitative estimate of drug-likeness (QED) is 0.826. The molecular formula is C23H25FN2O2. The van der Waals surface area contributed by atoms with Crippen LogP contribution in [-0.4, -0.2) is 29.3 Å². The second kappa shape index (κ2) is 8.13. The molecule has 2 aromatic carbocycles. The SMILES string of the molecule is O=C(Nc1ccc(C(=O)N2CCC[C@@H]3CCCC[C@@H]32)cc1)c1cccc(F)c1. The van der Waals surface area contributed by atoms with Crippen LogP contribution in [0, 0.1) is 11.7 Å². The standard InChI is InChI=1S/C23H25FN2O2/c24-19-8-3-6-18(15-19)22(27)25-20-12-10-17(11-13-20)23(28)26-14-4-7-16-5-1-2-9-21(16)26/h3,6,8,10-13,15-16,21H,1-2,4-5,7,9,14H2,(H,25,27)/t16-,21-/m0/s1. The number of carbonyl (C=O) groups excluding carboxylic acids is 2. The third-order valence-electron chi connectivity index (χ3n) is 5.98. The minimum absolute atomic E-state index is 0.0830. The van der Waals surface area contributed by atoms with Crippen molar-refractivity contribution in [1.29, 1.82) is 0 Å². The van der Waals surface area contributed by atoms with Gasteiger partial charge in [0, 0.05) is 29.4 Å². The summed E-state index contributed by atoms with van der Waals surface area (Å²) in [5, 5.41) is 2.75. The molecule has 28 heavy (non-hydrogen) atoms. The molecule has 1 saturated carbocycles. The predicted octanol–water partition coefficient (Wildman–Crippen LogP) is 4.87. The molecule has 1 saturated heterocycles. The van der Waals surface area contributed by atoms with Crippen LogP contribution < -0.4 is 5.32 Å². The first kappa shape index (κ1) is 18.7. The lowest BCUT2D eigenvalue weighted by Crippen LogP contribution is -2.49. The van der Waals surface area contributed by atoms with E-state index >= 15 is 0 Å². The Bertz CT molecular complexity index is 863. The van der Waals surface area contributed by atoms with Gasteiger partial charge in [-0.2, -0.15) is 0 Å². The van der Waals surface area contributed by atoms with Crippen LogP contribution in [0.1, 0.15) is 59.2 Å². The number of fused-ring (bicyclic) bond motifs is 1. The van der Waals surface area contributed by atoms with Gasteiger partial charge >= 0.3 is 0 Å². The lowest BCUT2D eigenvalue weighted by Gasteiger charge is -2.44. The number of hydrogen-bond donors (Lipinski definition) is 1. The van der Waals surface area contributed by atoms with Gasteiger partial charge in [0.05, 0.1) is 0 Å². The first-order valence-corrected chi connectivity index (χ1v) is 10.1. The monoisotopic (exact) mass is 380 g/mol. The fourth-order valence-electron chi connectivity index (χ4n) is 4.57. The third-order valence-corrected chi connectivity index (χ3v) is 5.98. The largest absolute Gasteiger partial charge is 0.335 e. The summed E-state index contributed by atoms with van der Waals surface area (Å²) in [5.41, 5.74) is 1.49. The van der Waals surface area contributed by atoms with Gasteiger partial charge in [0.1, 0.15) is 5.82 Å². The lowest BCUT2D eigenvalue weighted by atomic mass is 9.78. The van der Waals surface area contributed by atoms with Gasteiger partial charge < -0.3 is 10.2 Å². The van der Waals surface area contributed by atoms with Crippen molar-refractivity contribution in [2.24, 2.45) is 5.92 Å². The van der Waals surface area contributed by atoms with E-state index < -0.39 is 5.82 Å². The molecule has 0 radical (unpaired) electrons. The number of piperidine rings is 1. The summed E-state index contributed by atoms with van der Waals surface area (Å²) < 4.78 is 13.3. The highest BCUT2D eigenvalue weighted by atomic mass is 19.1. The van der Waals surface area contributed by atoms with Crippen LogP contribution in [0.25, 0.3) is 0 Å². The number of amides is 2. The average molecular weight is 380 g/mol. The van der Waals surface area contributed by atoms with Crippen molar-refractivity contribution >= 4 is 17.5 Å². The van der Waals surface area contributed by atoms with Crippen molar-refractivity contribution in [2.45, 2.75) is 44.6 Å². The summed E-state index contributed by atoms with van der Waals surface area (Å²) >= 11 is 0. The summed E-state index contributed by atoms with van der Waals surface area (Å²) in [6.45, 7) is 0.831. The molecule has 0 spiro atoms. The molecule has 2 aromatic rings. The number of likely N-dealkylation sites (tertiary alicyclic amines) is 1. The van der Waals surface area contributed by atoms with Crippen LogP contribution in [0.3, 0.4) is 0 Å². The normalized spacial score (nSPS) is 21.7. The van der Waals surface area contributed by atoms with E-state index in [4.69, 9.17) is 0 Å². The molecule has 4 nitrogen and oxygen atoms in total. The summed E-state index contributed by atoms with van der Waals surface area (Å²) in [6.07, 6.45) is 7.14. The summed E-state index contributed by atoms with van der Waals surface area (Å²) in [5.74, 6) is -0.0910. The molecule has 0 aromatic heterocycles. The smallest absolute Gasteiger partial charge is 0.255 e. The number of benzene rings is 2. The van der Waals surface area contributed by atoms with Gasteiger partial charge in [0.15, 0.2) is 0 Å². The van der Waals surface area contributed by atoms with Crippen LogP contribution in [-0.2, 0) is 0 Å². The molecule has 0 bridgehead atoms. The van der Waals surface area contributed by atoms with Crippen molar-refractivity contribution in [3.63, 3.8) is 0 Å². The van der Waals surface area contributed by atoms with E-state index in [0.717, 1.165) is 19.4 Å². The molecule has 5 heteroatoms. The molecule has 2 aliphatic rings. The zero-order chi connectivity index (χ0) is 19.5. The molecule has 1 N–H and O–H groups in total. The Labute approximate surface area is 164 Å². The molecule has 146 valence electrons. The molecule has 2 fully saturated rings. The molecule has 4 rings (SSSR count). The van der Waals surface area contributed by atoms with Crippen LogP contribution >= 0.6 is 0 Å². The first-order valence-electron chi connectivity index (χ1n) is 10.1. The van der Waals surface area contributed by atoms with Gasteiger partial charge in [-0.05, 0) is 74.1 Å². The van der Waals surface area contributed by atoms with E-state index in [2.05, 4.69) is 10.2 Å². The van der Waals surface area contributed by atoms with Crippen molar-refractivity contribution < 1.29 is 14.0 Å². The van der Waals surface area contributed by atoms with Crippen LogP contribution in [0.4, 0.5) is 10.1 Å². The molecule has 1 aliphatic heterocycles. The van der Waals surface area contributed by atoms with E-state index in [1.807, 2.05) is 0 Å². The Morgan fingerprint density at radius 1 is 0.929 bits per heavy atom. The summed E-state index contributed by atoms with van der Waals surface area (Å²) in [6, 6.07) is 12.9. The van der Waals surface area contributed by atoms with Crippen molar-refractivity contribution in [3.05, 3.63) is 65.5 Å².